The van der Waals surface area contributed by atoms with Crippen LogP contribution in [0.5, 0.6) is 0 Å². The molecule has 0 bridgehead atoms. The quantitative estimate of drug-likeness (QED) is 0.738. The van der Waals surface area contributed by atoms with Gasteiger partial charge in [-0.2, -0.15) is 0 Å². The van der Waals surface area contributed by atoms with Crippen molar-refractivity contribution in [2.24, 2.45) is 0 Å². The van der Waals surface area contributed by atoms with Gasteiger partial charge in [0, 0.05) is 20.6 Å². The second kappa shape index (κ2) is 6.15. The van der Waals surface area contributed by atoms with E-state index in [1.165, 1.54) is 0 Å². The fraction of sp³-hybridized carbons (Fsp3) is 0.417. The number of carbonyl (C=O) groups is 1. The van der Waals surface area contributed by atoms with Crippen molar-refractivity contribution in [2.75, 3.05) is 13.1 Å². The summed E-state index contributed by atoms with van der Waals surface area (Å²) >= 11 is 5.58. The largest absolute Gasteiger partial charge is 0.348 e. The van der Waals surface area contributed by atoms with Gasteiger partial charge in [-0.1, -0.05) is 15.9 Å². The Kier molecular flexibility index (Phi) is 4.81. The van der Waals surface area contributed by atoms with Crippen LogP contribution < -0.4 is 10.6 Å². The maximum Gasteiger partial charge on any atom is 0.252 e. The average Bonchev–Trinajstić information content (AvgIpc) is 2.33. The normalized spacial score (nSPS) is 20.0. The van der Waals surface area contributed by atoms with Crippen LogP contribution in [0.4, 0.5) is 0 Å². The Morgan fingerprint density at radius 3 is 3.06 bits per heavy atom. The van der Waals surface area contributed by atoms with Gasteiger partial charge in [0.25, 0.3) is 5.91 Å². The minimum Gasteiger partial charge on any atom is -0.348 e. The predicted octanol–water partition coefficient (Wildman–Crippen LogP) is 2.54. The second-order valence-corrected chi connectivity index (χ2v) is 6.22. The number of carbonyl (C=O) groups excluding carboxylic acids is 1. The Labute approximate surface area is 123 Å². The van der Waals surface area contributed by atoms with Crippen molar-refractivity contribution >= 4 is 44.4 Å². The Bertz CT molecular complexity index is 419. The van der Waals surface area contributed by atoms with Crippen molar-refractivity contribution in [3.63, 3.8) is 0 Å². The van der Waals surface area contributed by atoms with E-state index in [1.54, 1.807) is 0 Å². The zero-order valence-corrected chi connectivity index (χ0v) is 13.0. The molecule has 1 heterocycles. The lowest BCUT2D eigenvalue weighted by Gasteiger charge is -2.24. The average molecular weight is 409 g/mol. The highest BCUT2D eigenvalue weighted by Gasteiger charge is 2.17. The highest BCUT2D eigenvalue weighted by Crippen LogP contribution is 2.18. The van der Waals surface area contributed by atoms with Crippen LogP contribution in [-0.4, -0.2) is 25.0 Å². The summed E-state index contributed by atoms with van der Waals surface area (Å²) < 4.78 is 1.91. The molecule has 1 aliphatic heterocycles. The molecule has 2 N–H and O–H groups in total. The highest BCUT2D eigenvalue weighted by molar-refractivity contribution is 14.1. The molecule has 17 heavy (non-hydrogen) atoms. The number of hydrogen-bond acceptors (Lipinski definition) is 2. The fourth-order valence-corrected chi connectivity index (χ4v) is 2.85. The van der Waals surface area contributed by atoms with E-state index in [-0.39, 0.29) is 11.9 Å². The van der Waals surface area contributed by atoms with Crippen molar-refractivity contribution < 1.29 is 4.79 Å². The van der Waals surface area contributed by atoms with Gasteiger partial charge in [0.2, 0.25) is 0 Å². The molecule has 1 fully saturated rings. The fourth-order valence-electron chi connectivity index (χ4n) is 1.91. The molecule has 0 aliphatic carbocycles. The molecule has 92 valence electrons. The summed E-state index contributed by atoms with van der Waals surface area (Å²) in [5, 5.41) is 6.37. The van der Waals surface area contributed by atoms with Gasteiger partial charge in [0.1, 0.15) is 0 Å². The number of piperidine rings is 1. The summed E-state index contributed by atoms with van der Waals surface area (Å²) in [5.41, 5.74) is 0.741. The molecule has 3 nitrogen and oxygen atoms in total. The zero-order chi connectivity index (χ0) is 12.3. The van der Waals surface area contributed by atoms with Crippen LogP contribution in [0.15, 0.2) is 22.7 Å². The molecule has 1 aliphatic rings. The van der Waals surface area contributed by atoms with E-state index < -0.39 is 0 Å². The Morgan fingerprint density at radius 2 is 2.35 bits per heavy atom. The molecule has 0 unspecified atom stereocenters. The van der Waals surface area contributed by atoms with Crippen LogP contribution in [0.3, 0.4) is 0 Å². The van der Waals surface area contributed by atoms with Gasteiger partial charge in [-0.05, 0) is 60.2 Å². The molecule has 0 spiro atoms. The molecule has 5 heteroatoms. The Hall–Kier alpha value is -0.140. The lowest BCUT2D eigenvalue weighted by Crippen LogP contribution is -2.45. The molecule has 1 amide bonds. The first-order valence-electron chi connectivity index (χ1n) is 5.63. The lowest BCUT2D eigenvalue weighted by molar-refractivity contribution is 0.0929. The first kappa shape index (κ1) is 13.3. The SMILES string of the molecule is O=C(N[C@H]1CCCNC1)c1cc(Br)ccc1I. The summed E-state index contributed by atoms with van der Waals surface area (Å²) in [4.78, 5) is 12.1. The second-order valence-electron chi connectivity index (χ2n) is 4.14. The van der Waals surface area contributed by atoms with Crippen molar-refractivity contribution in [2.45, 2.75) is 18.9 Å². The molecule has 0 aromatic heterocycles. The van der Waals surface area contributed by atoms with Gasteiger partial charge in [-0.3, -0.25) is 4.79 Å². The monoisotopic (exact) mass is 408 g/mol. The van der Waals surface area contributed by atoms with E-state index in [0.717, 1.165) is 39.5 Å². The molecule has 1 saturated heterocycles. The number of hydrogen-bond donors (Lipinski definition) is 2. The van der Waals surface area contributed by atoms with Gasteiger partial charge in [0.15, 0.2) is 0 Å². The Balaban J connectivity index is 2.05. The van der Waals surface area contributed by atoms with Crippen LogP contribution in [0.25, 0.3) is 0 Å². The number of amides is 1. The predicted molar refractivity (Wildman–Crippen MR) is 80.2 cm³/mol. The summed E-state index contributed by atoms with van der Waals surface area (Å²) in [6, 6.07) is 6.01. The van der Waals surface area contributed by atoms with E-state index >= 15 is 0 Å². The van der Waals surface area contributed by atoms with E-state index in [4.69, 9.17) is 0 Å². The number of nitrogens with one attached hydrogen (secondary N) is 2. The van der Waals surface area contributed by atoms with Crippen molar-refractivity contribution in [3.05, 3.63) is 31.8 Å². The third-order valence-corrected chi connectivity index (χ3v) is 4.24. The van der Waals surface area contributed by atoms with Gasteiger partial charge >= 0.3 is 0 Å². The van der Waals surface area contributed by atoms with Crippen LogP contribution in [0.1, 0.15) is 23.2 Å². The number of halogens is 2. The molecule has 1 aromatic rings. The highest BCUT2D eigenvalue weighted by atomic mass is 127. The first-order valence-corrected chi connectivity index (χ1v) is 7.50. The van der Waals surface area contributed by atoms with E-state index in [0.29, 0.717) is 0 Å². The minimum atomic E-state index is 0.0180. The van der Waals surface area contributed by atoms with E-state index in [9.17, 15) is 4.79 Å². The summed E-state index contributed by atoms with van der Waals surface area (Å²) in [7, 11) is 0. The minimum absolute atomic E-state index is 0.0180. The van der Waals surface area contributed by atoms with E-state index in [1.807, 2.05) is 18.2 Å². The van der Waals surface area contributed by atoms with Crippen LogP contribution in [-0.2, 0) is 0 Å². The summed E-state index contributed by atoms with van der Waals surface area (Å²) in [6.45, 7) is 1.93. The van der Waals surface area contributed by atoms with Crippen LogP contribution in [0.2, 0.25) is 0 Å². The third kappa shape index (κ3) is 3.66. The van der Waals surface area contributed by atoms with Gasteiger partial charge in [0.05, 0.1) is 5.56 Å². The van der Waals surface area contributed by atoms with Crippen LogP contribution in [0, 0.1) is 3.57 Å². The molecular formula is C12H14BrIN2O. The zero-order valence-electron chi connectivity index (χ0n) is 9.30. The smallest absolute Gasteiger partial charge is 0.252 e. The summed E-state index contributed by atoms with van der Waals surface area (Å²) in [6.07, 6.45) is 2.18. The number of benzene rings is 1. The lowest BCUT2D eigenvalue weighted by atomic mass is 10.1. The first-order chi connectivity index (χ1) is 8.16. The van der Waals surface area contributed by atoms with Crippen LogP contribution >= 0.6 is 38.5 Å². The molecular weight excluding hydrogens is 395 g/mol. The number of rotatable bonds is 2. The van der Waals surface area contributed by atoms with E-state index in [2.05, 4.69) is 49.2 Å². The third-order valence-electron chi connectivity index (χ3n) is 2.81. The maximum atomic E-state index is 12.1. The van der Waals surface area contributed by atoms with Crippen molar-refractivity contribution in [1.82, 2.24) is 10.6 Å². The molecule has 2 rings (SSSR count). The van der Waals surface area contributed by atoms with Crippen molar-refractivity contribution in [1.29, 1.82) is 0 Å². The maximum absolute atomic E-state index is 12.1. The molecule has 1 aromatic carbocycles. The van der Waals surface area contributed by atoms with Gasteiger partial charge in [-0.15, -0.1) is 0 Å². The standard InChI is InChI=1S/C12H14BrIN2O/c13-8-3-4-11(14)10(6-8)12(17)16-9-2-1-5-15-7-9/h3-4,6,9,15H,1-2,5,7H2,(H,16,17)/t9-/m0/s1. The summed E-state index contributed by atoms with van der Waals surface area (Å²) in [5.74, 6) is 0.0180. The molecule has 1 atom stereocenters. The Morgan fingerprint density at radius 1 is 1.53 bits per heavy atom. The molecule has 0 saturated carbocycles. The van der Waals surface area contributed by atoms with Crippen molar-refractivity contribution in [3.8, 4) is 0 Å². The molecule has 0 radical (unpaired) electrons. The topological polar surface area (TPSA) is 41.1 Å². The van der Waals surface area contributed by atoms with Gasteiger partial charge in [-0.25, -0.2) is 0 Å². The van der Waals surface area contributed by atoms with Gasteiger partial charge < -0.3 is 10.6 Å².